The predicted octanol–water partition coefficient (Wildman–Crippen LogP) is 2.42. The van der Waals surface area contributed by atoms with E-state index in [4.69, 9.17) is 4.74 Å². The molecule has 0 spiro atoms. The Balaban J connectivity index is 2.73. The Morgan fingerprint density at radius 2 is 1.94 bits per heavy atom. The monoisotopic (exact) mass is 321 g/mol. The summed E-state index contributed by atoms with van der Waals surface area (Å²) >= 11 is 2.93. The van der Waals surface area contributed by atoms with E-state index < -0.39 is 10.0 Å². The molecule has 0 fully saturated rings. The Morgan fingerprint density at radius 1 is 1.35 bits per heavy atom. The molecule has 1 atom stereocenters. The zero-order chi connectivity index (χ0) is 12.9. The van der Waals surface area contributed by atoms with Crippen LogP contribution in [0.25, 0.3) is 0 Å². The lowest BCUT2D eigenvalue weighted by atomic mass is 10.1. The molecule has 0 aliphatic heterocycles. The number of ether oxygens (including phenoxy) is 1. The van der Waals surface area contributed by atoms with Gasteiger partial charge < -0.3 is 4.74 Å². The lowest BCUT2D eigenvalue weighted by Crippen LogP contribution is -2.27. The molecule has 1 aromatic carbocycles. The quantitative estimate of drug-likeness (QED) is 0.819. The third-order valence-corrected chi connectivity index (χ3v) is 5.00. The highest BCUT2D eigenvalue weighted by atomic mass is 79.9. The van der Waals surface area contributed by atoms with E-state index in [0.29, 0.717) is 6.61 Å². The van der Waals surface area contributed by atoms with E-state index in [1.165, 1.54) is 0 Å². The van der Waals surface area contributed by atoms with Crippen LogP contribution in [0.1, 0.15) is 25.5 Å². The molecule has 0 radical (unpaired) electrons. The van der Waals surface area contributed by atoms with Crippen molar-refractivity contribution in [1.82, 2.24) is 4.72 Å². The van der Waals surface area contributed by atoms with Gasteiger partial charge in [0.25, 0.3) is 0 Å². The summed E-state index contributed by atoms with van der Waals surface area (Å²) in [5.74, 6) is 0.784. The highest BCUT2D eigenvalue weighted by Gasteiger charge is 2.14. The minimum absolute atomic E-state index is 0.0959. The summed E-state index contributed by atoms with van der Waals surface area (Å²) in [6.45, 7) is 4.33. The van der Waals surface area contributed by atoms with E-state index >= 15 is 0 Å². The molecule has 1 unspecified atom stereocenters. The summed E-state index contributed by atoms with van der Waals surface area (Å²) in [6.07, 6.45) is 0. The van der Waals surface area contributed by atoms with Crippen molar-refractivity contribution >= 4 is 26.0 Å². The van der Waals surface area contributed by atoms with Gasteiger partial charge in [0.15, 0.2) is 0 Å². The van der Waals surface area contributed by atoms with Gasteiger partial charge in [0.1, 0.15) is 10.4 Å². The van der Waals surface area contributed by atoms with Crippen LogP contribution in [-0.2, 0) is 10.0 Å². The first-order valence-electron chi connectivity index (χ1n) is 5.27. The first-order chi connectivity index (χ1) is 7.98. The highest BCUT2D eigenvalue weighted by Crippen LogP contribution is 2.18. The number of nitrogens with one attached hydrogen (secondary N) is 1. The Hall–Kier alpha value is -0.590. The van der Waals surface area contributed by atoms with Crippen LogP contribution in [0.3, 0.4) is 0 Å². The van der Waals surface area contributed by atoms with Gasteiger partial charge in [-0.3, -0.25) is 0 Å². The molecule has 0 amide bonds. The second-order valence-electron chi connectivity index (χ2n) is 3.57. The molecule has 6 heteroatoms. The molecule has 0 heterocycles. The van der Waals surface area contributed by atoms with Crippen LogP contribution in [0.15, 0.2) is 24.3 Å². The fourth-order valence-electron chi connectivity index (χ4n) is 1.39. The average Bonchev–Trinajstić information content (AvgIpc) is 2.30. The molecule has 0 saturated heterocycles. The third-order valence-electron chi connectivity index (χ3n) is 2.19. The van der Waals surface area contributed by atoms with E-state index in [-0.39, 0.29) is 10.7 Å². The van der Waals surface area contributed by atoms with E-state index in [1.807, 2.05) is 31.2 Å². The van der Waals surface area contributed by atoms with Crippen LogP contribution >= 0.6 is 15.9 Å². The molecule has 1 aromatic rings. The summed E-state index contributed by atoms with van der Waals surface area (Å²) in [7, 11) is -3.25. The Morgan fingerprint density at radius 3 is 2.41 bits per heavy atom. The fraction of sp³-hybridized carbons (Fsp3) is 0.455. The van der Waals surface area contributed by atoms with Crippen molar-refractivity contribution in [2.45, 2.75) is 19.9 Å². The van der Waals surface area contributed by atoms with Crippen molar-refractivity contribution < 1.29 is 13.2 Å². The summed E-state index contributed by atoms with van der Waals surface area (Å²) < 4.78 is 30.5. The zero-order valence-electron chi connectivity index (χ0n) is 9.81. The van der Waals surface area contributed by atoms with Gasteiger partial charge in [0, 0.05) is 6.04 Å². The summed E-state index contributed by atoms with van der Waals surface area (Å²) in [5, 5.41) is 0. The van der Waals surface area contributed by atoms with Crippen molar-refractivity contribution in [2.75, 3.05) is 11.3 Å². The van der Waals surface area contributed by atoms with Gasteiger partial charge in [-0.05, 0) is 31.5 Å². The summed E-state index contributed by atoms with van der Waals surface area (Å²) in [6, 6.07) is 7.11. The number of halogens is 1. The molecular weight excluding hydrogens is 306 g/mol. The van der Waals surface area contributed by atoms with E-state index in [2.05, 4.69) is 20.7 Å². The zero-order valence-corrected chi connectivity index (χ0v) is 12.2. The molecule has 1 rings (SSSR count). The normalized spacial score (nSPS) is 13.4. The largest absolute Gasteiger partial charge is 0.494 e. The van der Waals surface area contributed by atoms with Crippen LogP contribution in [0.2, 0.25) is 0 Å². The van der Waals surface area contributed by atoms with Gasteiger partial charge in [-0.2, -0.15) is 0 Å². The number of sulfonamides is 1. The first-order valence-corrected chi connectivity index (χ1v) is 8.04. The molecule has 0 saturated carbocycles. The minimum Gasteiger partial charge on any atom is -0.494 e. The smallest absolute Gasteiger partial charge is 0.222 e. The fourth-order valence-corrected chi connectivity index (χ4v) is 2.52. The Kier molecular flexibility index (Phi) is 5.42. The van der Waals surface area contributed by atoms with Crippen LogP contribution in [0, 0.1) is 0 Å². The molecular formula is C11H16BrNO3S. The van der Waals surface area contributed by atoms with Crippen LogP contribution in [0.5, 0.6) is 5.75 Å². The van der Waals surface area contributed by atoms with Gasteiger partial charge in [0.2, 0.25) is 10.0 Å². The number of hydrogen-bond acceptors (Lipinski definition) is 3. The van der Waals surface area contributed by atoms with Crippen molar-refractivity contribution in [3.05, 3.63) is 29.8 Å². The SMILES string of the molecule is CCOc1ccc(C(C)NS(=O)(=O)CBr)cc1. The van der Waals surface area contributed by atoms with Crippen LogP contribution in [-0.4, -0.2) is 19.7 Å². The number of benzene rings is 1. The second-order valence-corrected chi connectivity index (χ2v) is 6.62. The molecule has 0 bridgehead atoms. The lowest BCUT2D eigenvalue weighted by Gasteiger charge is -2.14. The van der Waals surface area contributed by atoms with Gasteiger partial charge in [0.05, 0.1) is 6.61 Å². The predicted molar refractivity (Wildman–Crippen MR) is 71.9 cm³/mol. The third kappa shape index (κ3) is 4.65. The molecule has 0 aliphatic carbocycles. The minimum atomic E-state index is -3.25. The first kappa shape index (κ1) is 14.5. The maximum atomic E-state index is 11.4. The van der Waals surface area contributed by atoms with Crippen molar-refractivity contribution in [3.63, 3.8) is 0 Å². The highest BCUT2D eigenvalue weighted by molar-refractivity contribution is 9.10. The standard InChI is InChI=1S/C11H16BrNO3S/c1-3-16-11-6-4-10(5-7-11)9(2)13-17(14,15)8-12/h4-7,9,13H,3,8H2,1-2H3. The average molecular weight is 322 g/mol. The van der Waals surface area contributed by atoms with Gasteiger partial charge in [-0.25, -0.2) is 13.1 Å². The van der Waals surface area contributed by atoms with Crippen LogP contribution in [0.4, 0.5) is 0 Å². The Bertz CT molecular complexity index is 444. The topological polar surface area (TPSA) is 55.4 Å². The van der Waals surface area contributed by atoms with E-state index in [1.54, 1.807) is 6.92 Å². The van der Waals surface area contributed by atoms with E-state index in [0.717, 1.165) is 11.3 Å². The van der Waals surface area contributed by atoms with Crippen molar-refractivity contribution in [3.8, 4) is 5.75 Å². The molecule has 0 aromatic heterocycles. The molecule has 4 nitrogen and oxygen atoms in total. The lowest BCUT2D eigenvalue weighted by molar-refractivity contribution is 0.340. The number of hydrogen-bond donors (Lipinski definition) is 1. The molecule has 17 heavy (non-hydrogen) atoms. The van der Waals surface area contributed by atoms with Gasteiger partial charge in [-0.15, -0.1) is 0 Å². The Labute approximate surface area is 111 Å². The maximum Gasteiger partial charge on any atom is 0.222 e. The second kappa shape index (κ2) is 6.37. The molecule has 1 N–H and O–H groups in total. The van der Waals surface area contributed by atoms with Crippen LogP contribution < -0.4 is 9.46 Å². The number of alkyl halides is 1. The van der Waals surface area contributed by atoms with Gasteiger partial charge >= 0.3 is 0 Å². The van der Waals surface area contributed by atoms with Gasteiger partial charge in [-0.1, -0.05) is 28.1 Å². The van der Waals surface area contributed by atoms with E-state index in [9.17, 15) is 8.42 Å². The van der Waals surface area contributed by atoms with Crippen molar-refractivity contribution in [1.29, 1.82) is 0 Å². The summed E-state index contributed by atoms with van der Waals surface area (Å²) in [4.78, 5) is 0. The van der Waals surface area contributed by atoms with Crippen molar-refractivity contribution in [2.24, 2.45) is 0 Å². The molecule has 0 aliphatic rings. The number of rotatable bonds is 6. The molecule has 96 valence electrons. The maximum absolute atomic E-state index is 11.4. The summed E-state index contributed by atoms with van der Waals surface area (Å²) in [5.41, 5.74) is 0.901.